The molecule has 10 heteroatoms. The topological polar surface area (TPSA) is 106 Å². The van der Waals surface area contributed by atoms with Gasteiger partial charge >= 0.3 is 5.97 Å². The number of hydrogen-bond donors (Lipinski definition) is 1. The lowest BCUT2D eigenvalue weighted by molar-refractivity contribution is -0.120. The number of nitrogens with one attached hydrogen (secondary N) is 1. The van der Waals surface area contributed by atoms with Gasteiger partial charge < -0.3 is 10.1 Å². The van der Waals surface area contributed by atoms with Crippen LogP contribution in [-0.4, -0.2) is 56.8 Å². The summed E-state index contributed by atoms with van der Waals surface area (Å²) in [6.45, 7) is 1.36. The standard InChI is InChI=1S/C10H15N3O5S2/c1-4-13(5-7(14)11-2)20(16,17)10-8(9(15)18-3)12-6-19-10/h6H,4-5H2,1-3H3,(H,11,14). The van der Waals surface area contributed by atoms with Crippen LogP contribution in [0, 0.1) is 0 Å². The van der Waals surface area contributed by atoms with E-state index >= 15 is 0 Å². The van der Waals surface area contributed by atoms with Crippen LogP contribution >= 0.6 is 11.3 Å². The second-order valence-electron chi connectivity index (χ2n) is 3.58. The Morgan fingerprint density at radius 3 is 2.65 bits per heavy atom. The Bertz CT molecular complexity index is 596. The maximum atomic E-state index is 12.4. The number of hydrogen-bond acceptors (Lipinski definition) is 7. The van der Waals surface area contributed by atoms with Crippen molar-refractivity contribution in [2.75, 3.05) is 27.2 Å². The first kappa shape index (κ1) is 16.5. The minimum Gasteiger partial charge on any atom is -0.464 e. The van der Waals surface area contributed by atoms with Crippen LogP contribution in [0.15, 0.2) is 9.72 Å². The molecule has 0 fully saturated rings. The Labute approximate surface area is 120 Å². The summed E-state index contributed by atoms with van der Waals surface area (Å²) in [6, 6.07) is 0. The van der Waals surface area contributed by atoms with Gasteiger partial charge in [0.15, 0.2) is 9.90 Å². The third kappa shape index (κ3) is 3.32. The molecule has 0 aromatic carbocycles. The van der Waals surface area contributed by atoms with Crippen molar-refractivity contribution >= 4 is 33.2 Å². The van der Waals surface area contributed by atoms with Crippen molar-refractivity contribution in [3.05, 3.63) is 11.2 Å². The van der Waals surface area contributed by atoms with Crippen LogP contribution in [0.5, 0.6) is 0 Å². The summed E-state index contributed by atoms with van der Waals surface area (Å²) in [5, 5.41) is 2.35. The summed E-state index contributed by atoms with van der Waals surface area (Å²) in [7, 11) is -1.42. The molecule has 0 saturated heterocycles. The van der Waals surface area contributed by atoms with E-state index in [-0.39, 0.29) is 23.0 Å². The number of carbonyl (C=O) groups excluding carboxylic acids is 2. The minimum atomic E-state index is -3.97. The highest BCUT2D eigenvalue weighted by atomic mass is 32.2. The molecule has 0 spiro atoms. The summed E-state index contributed by atoms with van der Waals surface area (Å²) in [6.07, 6.45) is 0. The number of carbonyl (C=O) groups is 2. The van der Waals surface area contributed by atoms with Gasteiger partial charge in [-0.15, -0.1) is 11.3 Å². The number of amides is 1. The van der Waals surface area contributed by atoms with E-state index < -0.39 is 21.9 Å². The molecule has 0 aliphatic rings. The lowest BCUT2D eigenvalue weighted by atomic mass is 10.5. The molecule has 0 atom stereocenters. The van der Waals surface area contributed by atoms with Crippen LogP contribution in [0.2, 0.25) is 0 Å². The van der Waals surface area contributed by atoms with Crippen molar-refractivity contribution in [1.29, 1.82) is 0 Å². The van der Waals surface area contributed by atoms with Gasteiger partial charge in [0.25, 0.3) is 10.0 Å². The monoisotopic (exact) mass is 321 g/mol. The van der Waals surface area contributed by atoms with Gasteiger partial charge in [0.05, 0.1) is 19.2 Å². The lowest BCUT2D eigenvalue weighted by Crippen LogP contribution is -2.39. The Balaban J connectivity index is 3.18. The van der Waals surface area contributed by atoms with Gasteiger partial charge in [0.1, 0.15) is 0 Å². The Hall–Kier alpha value is -1.52. The number of rotatable bonds is 6. The van der Waals surface area contributed by atoms with E-state index in [1.807, 2.05) is 0 Å². The van der Waals surface area contributed by atoms with Gasteiger partial charge in [-0.1, -0.05) is 6.92 Å². The molecule has 1 aromatic rings. The molecule has 1 amide bonds. The van der Waals surface area contributed by atoms with Crippen molar-refractivity contribution in [3.63, 3.8) is 0 Å². The fraction of sp³-hybridized carbons (Fsp3) is 0.500. The van der Waals surface area contributed by atoms with Crippen molar-refractivity contribution < 1.29 is 22.7 Å². The molecular formula is C10H15N3O5S2. The van der Waals surface area contributed by atoms with Crippen molar-refractivity contribution in [2.45, 2.75) is 11.1 Å². The second kappa shape index (κ2) is 6.77. The van der Waals surface area contributed by atoms with E-state index in [4.69, 9.17) is 0 Å². The maximum absolute atomic E-state index is 12.4. The van der Waals surface area contributed by atoms with Gasteiger partial charge in [-0.3, -0.25) is 4.79 Å². The molecule has 8 nitrogen and oxygen atoms in total. The number of likely N-dealkylation sites (N-methyl/N-ethyl adjacent to an activating group) is 2. The highest BCUT2D eigenvalue weighted by molar-refractivity contribution is 7.91. The predicted octanol–water partition coefficient (Wildman–Crippen LogP) is -0.314. The lowest BCUT2D eigenvalue weighted by Gasteiger charge is -2.18. The van der Waals surface area contributed by atoms with Crippen molar-refractivity contribution in [1.82, 2.24) is 14.6 Å². The Morgan fingerprint density at radius 1 is 1.50 bits per heavy atom. The normalized spacial score (nSPS) is 11.4. The molecule has 1 heterocycles. The van der Waals surface area contributed by atoms with Gasteiger partial charge in [-0.25, -0.2) is 18.2 Å². The van der Waals surface area contributed by atoms with Gasteiger partial charge in [0.2, 0.25) is 5.91 Å². The van der Waals surface area contributed by atoms with Gasteiger partial charge in [-0.05, 0) is 0 Å². The number of methoxy groups -OCH3 is 1. The average Bonchev–Trinajstić information content (AvgIpc) is 2.93. The molecule has 112 valence electrons. The zero-order valence-electron chi connectivity index (χ0n) is 11.2. The SMILES string of the molecule is CCN(CC(=O)NC)S(=O)(=O)c1scnc1C(=O)OC. The first-order valence-corrected chi connectivity index (χ1v) is 7.93. The third-order valence-corrected chi connectivity index (χ3v) is 5.71. The van der Waals surface area contributed by atoms with E-state index in [9.17, 15) is 18.0 Å². The van der Waals surface area contributed by atoms with Crippen molar-refractivity contribution in [2.24, 2.45) is 0 Å². The fourth-order valence-corrected chi connectivity index (χ4v) is 4.05. The van der Waals surface area contributed by atoms with E-state index in [0.29, 0.717) is 0 Å². The van der Waals surface area contributed by atoms with Crippen LogP contribution in [-0.2, 0) is 19.6 Å². The number of sulfonamides is 1. The number of nitrogens with zero attached hydrogens (tertiary/aromatic N) is 2. The molecule has 0 bridgehead atoms. The van der Waals surface area contributed by atoms with Crippen molar-refractivity contribution in [3.8, 4) is 0 Å². The smallest absolute Gasteiger partial charge is 0.358 e. The van der Waals surface area contributed by atoms with Crippen LogP contribution in [0.3, 0.4) is 0 Å². The first-order valence-electron chi connectivity index (χ1n) is 5.61. The number of aromatic nitrogens is 1. The molecule has 0 radical (unpaired) electrons. The highest BCUT2D eigenvalue weighted by Gasteiger charge is 2.32. The van der Waals surface area contributed by atoms with E-state index in [1.54, 1.807) is 6.92 Å². The number of esters is 1. The predicted molar refractivity (Wildman–Crippen MR) is 72.0 cm³/mol. The molecular weight excluding hydrogens is 306 g/mol. The van der Waals surface area contributed by atoms with Crippen LogP contribution < -0.4 is 5.32 Å². The summed E-state index contributed by atoms with van der Waals surface area (Å²) in [5.74, 6) is -1.28. The number of thiazole rings is 1. The summed E-state index contributed by atoms with van der Waals surface area (Å²) >= 11 is 0.805. The molecule has 20 heavy (non-hydrogen) atoms. The van der Waals surface area contributed by atoms with Gasteiger partial charge in [0, 0.05) is 13.6 Å². The molecule has 0 aliphatic carbocycles. The molecule has 0 aliphatic heterocycles. The van der Waals surface area contributed by atoms with Crippen LogP contribution in [0.25, 0.3) is 0 Å². The van der Waals surface area contributed by atoms with E-state index in [1.165, 1.54) is 12.6 Å². The fourth-order valence-electron chi connectivity index (χ4n) is 1.37. The summed E-state index contributed by atoms with van der Waals surface area (Å²) in [4.78, 5) is 26.5. The Morgan fingerprint density at radius 2 is 2.15 bits per heavy atom. The first-order chi connectivity index (χ1) is 9.38. The summed E-state index contributed by atoms with van der Waals surface area (Å²) < 4.78 is 30.1. The zero-order valence-corrected chi connectivity index (χ0v) is 12.9. The quantitative estimate of drug-likeness (QED) is 0.720. The molecule has 1 aromatic heterocycles. The second-order valence-corrected chi connectivity index (χ2v) is 6.57. The highest BCUT2D eigenvalue weighted by Crippen LogP contribution is 2.24. The Kier molecular flexibility index (Phi) is 5.60. The number of ether oxygens (including phenoxy) is 1. The molecule has 0 unspecified atom stereocenters. The molecule has 1 rings (SSSR count). The maximum Gasteiger partial charge on any atom is 0.358 e. The summed E-state index contributed by atoms with van der Waals surface area (Å²) in [5.41, 5.74) is 0.972. The molecule has 0 saturated carbocycles. The average molecular weight is 321 g/mol. The van der Waals surface area contributed by atoms with E-state index in [2.05, 4.69) is 15.0 Å². The van der Waals surface area contributed by atoms with Crippen LogP contribution in [0.4, 0.5) is 0 Å². The molecule has 1 N–H and O–H groups in total. The van der Waals surface area contributed by atoms with Gasteiger partial charge in [-0.2, -0.15) is 4.31 Å². The largest absolute Gasteiger partial charge is 0.464 e. The minimum absolute atomic E-state index is 0.0915. The zero-order chi connectivity index (χ0) is 15.3. The van der Waals surface area contributed by atoms with Crippen LogP contribution in [0.1, 0.15) is 17.4 Å². The third-order valence-electron chi connectivity index (χ3n) is 2.44. The van der Waals surface area contributed by atoms with E-state index in [0.717, 1.165) is 22.8 Å².